The third kappa shape index (κ3) is 7.27. The largest absolute Gasteiger partial charge is 0.449 e. The average molecular weight is 551 g/mol. The number of hydrogen-bond donors (Lipinski definition) is 3. The van der Waals surface area contributed by atoms with Gasteiger partial charge >= 0.3 is 26.0 Å². The number of carbonyl (C=O) groups excluding carboxylic acids is 1. The van der Waals surface area contributed by atoms with Crippen LogP contribution < -0.4 is 5.32 Å². The van der Waals surface area contributed by atoms with Gasteiger partial charge in [-0.25, -0.2) is 19.7 Å². The molecule has 2 aromatic heterocycles. The maximum absolute atomic E-state index is 13.5. The van der Waals surface area contributed by atoms with Gasteiger partial charge < -0.3 is 23.8 Å². The second kappa shape index (κ2) is 11.3. The van der Waals surface area contributed by atoms with Crippen LogP contribution in [-0.4, -0.2) is 72.2 Å². The highest BCUT2D eigenvalue weighted by Crippen LogP contribution is 2.62. The lowest BCUT2D eigenvalue weighted by Crippen LogP contribution is -2.52. The Balaban J connectivity index is 2.20. The van der Waals surface area contributed by atoms with Crippen LogP contribution in [-0.2, 0) is 20.6 Å². The molecule has 0 saturated heterocycles. The molecule has 36 heavy (non-hydrogen) atoms. The highest BCUT2D eigenvalue weighted by atomic mass is 31.2. The third-order valence-corrected chi connectivity index (χ3v) is 6.65. The van der Waals surface area contributed by atoms with Crippen molar-refractivity contribution in [3.8, 4) is 0 Å². The topological polar surface area (TPSA) is 149 Å². The summed E-state index contributed by atoms with van der Waals surface area (Å²) >= 11 is 0. The number of alkyl halides is 6. The molecule has 2 atom stereocenters. The van der Waals surface area contributed by atoms with E-state index in [1.165, 1.54) is 17.8 Å². The normalized spacial score (nSPS) is 15.5. The molecule has 0 aromatic carbocycles. The minimum atomic E-state index is -6.38. The van der Waals surface area contributed by atoms with Gasteiger partial charge in [-0.05, 0) is 13.3 Å². The molecule has 11 nitrogen and oxygen atoms in total. The number of imidazole rings is 1. The second-order valence-corrected chi connectivity index (χ2v) is 9.84. The molecular weight excluding hydrogens is 527 g/mol. The molecule has 204 valence electrons. The Morgan fingerprint density at radius 2 is 1.86 bits per heavy atom. The molecular formula is C18H24F6N5O6P. The van der Waals surface area contributed by atoms with E-state index in [0.29, 0.717) is 6.42 Å². The van der Waals surface area contributed by atoms with Gasteiger partial charge in [0.25, 0.3) is 0 Å². The van der Waals surface area contributed by atoms with Crippen LogP contribution in [0.5, 0.6) is 0 Å². The Bertz CT molecular complexity index is 1090. The van der Waals surface area contributed by atoms with E-state index in [1.807, 2.05) is 6.92 Å². The lowest BCUT2D eigenvalue weighted by atomic mass is 10.0. The minimum Gasteiger partial charge on any atom is -0.449 e. The van der Waals surface area contributed by atoms with Crippen LogP contribution in [0.1, 0.15) is 33.1 Å². The van der Waals surface area contributed by atoms with E-state index in [9.17, 15) is 45.5 Å². The zero-order chi connectivity index (χ0) is 27.4. The highest BCUT2D eigenvalue weighted by molar-refractivity contribution is 7.53. The van der Waals surface area contributed by atoms with E-state index in [-0.39, 0.29) is 30.1 Å². The van der Waals surface area contributed by atoms with Crippen LogP contribution in [0.25, 0.3) is 11.2 Å². The molecule has 0 fully saturated rings. The van der Waals surface area contributed by atoms with Gasteiger partial charge in [-0.2, -0.15) is 26.3 Å². The van der Waals surface area contributed by atoms with Crippen molar-refractivity contribution in [3.05, 3.63) is 12.7 Å². The molecule has 1 amide bonds. The molecule has 2 aromatic rings. The van der Waals surface area contributed by atoms with Crippen LogP contribution in [0.15, 0.2) is 12.7 Å². The number of rotatable bonds is 11. The Morgan fingerprint density at radius 3 is 2.42 bits per heavy atom. The number of carbonyl (C=O) groups is 1. The summed E-state index contributed by atoms with van der Waals surface area (Å²) in [6.45, 7) is 1.00. The molecule has 18 heteroatoms. The Labute approximate surface area is 200 Å². The van der Waals surface area contributed by atoms with Crippen LogP contribution in [0.3, 0.4) is 0 Å². The lowest BCUT2D eigenvalue weighted by Gasteiger charge is -2.36. The quantitative estimate of drug-likeness (QED) is 0.214. The first-order chi connectivity index (χ1) is 16.5. The van der Waals surface area contributed by atoms with Gasteiger partial charge in [-0.1, -0.05) is 13.3 Å². The molecule has 0 aliphatic heterocycles. The standard InChI is InChI=1S/C18H24F6N5O6P/c1-3-4-5-34-15(30)28-13-12-14(26-9-25-13)29(10-27-12)6-11(2)35-8-16(18(22,23)24,36(31,32)33)7-17(19,20)21/h9-11H,3-8H2,1-2H3,(H2,31,32,33)(H,25,26,28,30)/t11?,16-/m1/s1. The molecule has 2 heterocycles. The minimum absolute atomic E-state index is 0.0309. The highest BCUT2D eigenvalue weighted by Gasteiger charge is 2.69. The molecule has 0 saturated carbocycles. The number of nitrogens with one attached hydrogen (secondary N) is 1. The molecule has 0 spiro atoms. The number of ether oxygens (including phenoxy) is 2. The number of unbranched alkanes of at least 4 members (excludes halogenated alkanes) is 1. The molecule has 0 bridgehead atoms. The van der Waals surface area contributed by atoms with Crippen LogP contribution in [0, 0.1) is 0 Å². The molecule has 0 aliphatic carbocycles. The number of nitrogens with zero attached hydrogens (tertiary/aromatic N) is 4. The van der Waals surface area contributed by atoms with Crippen molar-refractivity contribution in [2.24, 2.45) is 0 Å². The first-order valence-corrected chi connectivity index (χ1v) is 12.0. The molecule has 3 N–H and O–H groups in total. The van der Waals surface area contributed by atoms with Gasteiger partial charge in [-0.3, -0.25) is 9.88 Å². The summed E-state index contributed by atoms with van der Waals surface area (Å²) in [5, 5.41) is -2.11. The first-order valence-electron chi connectivity index (χ1n) is 10.4. The molecule has 1 unspecified atom stereocenters. The average Bonchev–Trinajstić information content (AvgIpc) is 3.12. The van der Waals surface area contributed by atoms with E-state index in [1.54, 1.807) is 0 Å². The van der Waals surface area contributed by atoms with Crippen molar-refractivity contribution in [3.63, 3.8) is 0 Å². The van der Waals surface area contributed by atoms with Crippen LogP contribution in [0.4, 0.5) is 37.0 Å². The maximum atomic E-state index is 13.5. The van der Waals surface area contributed by atoms with Crippen molar-refractivity contribution < 1.29 is 55.0 Å². The Hall–Kier alpha value is -2.49. The number of fused-ring (bicyclic) bond motifs is 1. The number of aromatic nitrogens is 4. The van der Waals surface area contributed by atoms with E-state index in [0.717, 1.165) is 12.7 Å². The zero-order valence-electron chi connectivity index (χ0n) is 19.0. The van der Waals surface area contributed by atoms with Gasteiger partial charge in [0.1, 0.15) is 6.33 Å². The van der Waals surface area contributed by atoms with Crippen LogP contribution in [0.2, 0.25) is 0 Å². The Morgan fingerprint density at radius 1 is 1.19 bits per heavy atom. The predicted octanol–water partition coefficient (Wildman–Crippen LogP) is 4.01. The summed E-state index contributed by atoms with van der Waals surface area (Å²) < 4.78 is 102. The fourth-order valence-corrected chi connectivity index (χ4v) is 4.03. The van der Waals surface area contributed by atoms with Crippen LogP contribution >= 0.6 is 7.60 Å². The van der Waals surface area contributed by atoms with E-state index >= 15 is 0 Å². The fourth-order valence-electron chi connectivity index (χ4n) is 3.07. The number of anilines is 1. The molecule has 2 rings (SSSR count). The summed E-state index contributed by atoms with van der Waals surface area (Å²) in [5.41, 5.74) is 0.172. The Kier molecular flexibility index (Phi) is 9.31. The second-order valence-electron chi connectivity index (χ2n) is 7.89. The summed E-state index contributed by atoms with van der Waals surface area (Å²) in [7, 11) is -6.38. The fraction of sp³-hybridized carbons (Fsp3) is 0.667. The monoisotopic (exact) mass is 551 g/mol. The van der Waals surface area contributed by atoms with Crippen molar-refractivity contribution in [1.82, 2.24) is 19.5 Å². The van der Waals surface area contributed by atoms with E-state index in [2.05, 4.69) is 20.3 Å². The molecule has 0 aliphatic rings. The summed E-state index contributed by atoms with van der Waals surface area (Å²) in [4.78, 5) is 42.2. The lowest BCUT2D eigenvalue weighted by molar-refractivity contribution is -0.223. The predicted molar refractivity (Wildman–Crippen MR) is 112 cm³/mol. The van der Waals surface area contributed by atoms with Gasteiger partial charge in [0, 0.05) is 0 Å². The van der Waals surface area contributed by atoms with Crippen molar-refractivity contribution in [2.75, 3.05) is 18.5 Å². The first kappa shape index (κ1) is 29.7. The van der Waals surface area contributed by atoms with Crippen molar-refractivity contribution in [1.29, 1.82) is 0 Å². The molecule has 0 radical (unpaired) electrons. The summed E-state index contributed by atoms with van der Waals surface area (Å²) in [6, 6.07) is 0. The summed E-state index contributed by atoms with van der Waals surface area (Å²) in [6.07, 6.45) is -12.7. The maximum Gasteiger partial charge on any atom is 0.412 e. The third-order valence-electron chi connectivity index (χ3n) is 4.99. The van der Waals surface area contributed by atoms with E-state index < -0.39 is 50.3 Å². The van der Waals surface area contributed by atoms with Crippen molar-refractivity contribution in [2.45, 2.75) is 63.3 Å². The van der Waals surface area contributed by atoms with Gasteiger partial charge in [0.2, 0.25) is 0 Å². The zero-order valence-corrected chi connectivity index (χ0v) is 19.9. The number of hydrogen-bond acceptors (Lipinski definition) is 7. The smallest absolute Gasteiger partial charge is 0.412 e. The van der Waals surface area contributed by atoms with Gasteiger partial charge in [0.05, 0.1) is 38.6 Å². The SMILES string of the molecule is CCCCOC(=O)Nc1ncnc2c1ncn2CC(C)OC[C@](CC(F)(F)F)(C(F)(F)F)P(=O)(O)O. The van der Waals surface area contributed by atoms with E-state index in [4.69, 9.17) is 9.47 Å². The van der Waals surface area contributed by atoms with Gasteiger partial charge in [-0.15, -0.1) is 0 Å². The number of halogens is 6. The number of amides is 1. The van der Waals surface area contributed by atoms with Crippen molar-refractivity contribution >= 4 is 30.7 Å². The summed E-state index contributed by atoms with van der Waals surface area (Å²) in [5.74, 6) is -0.0309. The van der Waals surface area contributed by atoms with Gasteiger partial charge in [0.15, 0.2) is 22.1 Å².